The average Bonchev–Trinajstić information content (AvgIpc) is 3.62. The van der Waals surface area contributed by atoms with E-state index in [0.29, 0.717) is 17.7 Å². The summed E-state index contributed by atoms with van der Waals surface area (Å²) in [4.78, 5) is 20.0. The summed E-state index contributed by atoms with van der Waals surface area (Å²) in [7, 11) is 0. The molecule has 0 saturated heterocycles. The SMILES string of the molecule is Oc1cc(CC(F)(F)F)c(-c2ccc3c(c2)C2=CC(c4nc5c([nH]4)CN(Cc4ccc6ncccc6c4)CC5)=CCC2=N3)cc1F. The molecule has 3 aliphatic rings. The minimum Gasteiger partial charge on any atom is -0.505 e. The zero-order valence-corrected chi connectivity index (χ0v) is 24.5. The number of aromatic nitrogens is 3. The molecule has 1 aliphatic carbocycles. The molecule has 10 heteroatoms. The van der Waals surface area contributed by atoms with Crippen LogP contribution in [-0.2, 0) is 25.9 Å². The summed E-state index contributed by atoms with van der Waals surface area (Å²) in [5, 5.41) is 10.9. The van der Waals surface area contributed by atoms with Crippen LogP contribution in [0.4, 0.5) is 23.2 Å². The largest absolute Gasteiger partial charge is 0.505 e. The third-order valence-electron chi connectivity index (χ3n) is 8.80. The van der Waals surface area contributed by atoms with E-state index in [2.05, 4.69) is 45.2 Å². The molecule has 0 unspecified atom stereocenters. The molecule has 0 bridgehead atoms. The lowest BCUT2D eigenvalue weighted by Gasteiger charge is -2.26. The van der Waals surface area contributed by atoms with E-state index in [1.54, 1.807) is 24.4 Å². The van der Waals surface area contributed by atoms with Gasteiger partial charge in [-0.1, -0.05) is 24.3 Å². The lowest BCUT2D eigenvalue weighted by atomic mass is 9.90. The number of hydrogen-bond donors (Lipinski definition) is 2. The zero-order valence-electron chi connectivity index (χ0n) is 24.5. The monoisotopic (exact) mass is 621 g/mol. The Kier molecular flexibility index (Phi) is 6.65. The van der Waals surface area contributed by atoms with Crippen LogP contribution in [0.2, 0.25) is 0 Å². The normalized spacial score (nSPS) is 16.0. The lowest BCUT2D eigenvalue weighted by Crippen LogP contribution is -2.30. The number of H-pyrrole nitrogens is 1. The van der Waals surface area contributed by atoms with Gasteiger partial charge in [-0.05, 0) is 70.8 Å². The number of rotatable bonds is 5. The topological polar surface area (TPSA) is 77.4 Å². The first-order valence-electron chi connectivity index (χ1n) is 15.0. The number of alkyl halides is 3. The van der Waals surface area contributed by atoms with Gasteiger partial charge >= 0.3 is 6.18 Å². The van der Waals surface area contributed by atoms with Crippen LogP contribution in [0.5, 0.6) is 5.75 Å². The summed E-state index contributed by atoms with van der Waals surface area (Å²) in [6, 6.07) is 17.3. The summed E-state index contributed by atoms with van der Waals surface area (Å²) in [5.41, 5.74) is 8.76. The third kappa shape index (κ3) is 5.28. The number of hydrogen-bond acceptors (Lipinski definition) is 5. The second-order valence-electron chi connectivity index (χ2n) is 12.0. The van der Waals surface area contributed by atoms with Crippen LogP contribution < -0.4 is 0 Å². The second kappa shape index (κ2) is 10.8. The summed E-state index contributed by atoms with van der Waals surface area (Å²) in [5.74, 6) is -1.02. The van der Waals surface area contributed by atoms with Gasteiger partial charge in [0.05, 0.1) is 34.7 Å². The first kappa shape index (κ1) is 28.4. The first-order chi connectivity index (χ1) is 22.2. The minimum atomic E-state index is -4.52. The average molecular weight is 622 g/mol. The zero-order chi connectivity index (χ0) is 31.6. The molecule has 3 aromatic carbocycles. The number of allylic oxidation sites excluding steroid dienone is 4. The van der Waals surface area contributed by atoms with Gasteiger partial charge < -0.3 is 10.1 Å². The van der Waals surface area contributed by atoms with Crippen LogP contribution in [0.3, 0.4) is 0 Å². The fourth-order valence-corrected chi connectivity index (χ4v) is 6.62. The Hall–Kier alpha value is -5.09. The van der Waals surface area contributed by atoms with E-state index in [-0.39, 0.29) is 11.1 Å². The molecule has 2 N–H and O–H groups in total. The van der Waals surface area contributed by atoms with Gasteiger partial charge in [0.25, 0.3) is 0 Å². The van der Waals surface area contributed by atoms with Crippen molar-refractivity contribution in [3.05, 3.63) is 119 Å². The number of aromatic amines is 1. The molecular weight excluding hydrogens is 594 g/mol. The fourth-order valence-electron chi connectivity index (χ4n) is 6.62. The molecule has 2 aromatic heterocycles. The van der Waals surface area contributed by atoms with Crippen molar-refractivity contribution in [2.24, 2.45) is 4.99 Å². The van der Waals surface area contributed by atoms with Crippen molar-refractivity contribution in [2.45, 2.75) is 38.5 Å². The Bertz CT molecular complexity index is 2140. The Morgan fingerprint density at radius 2 is 1.89 bits per heavy atom. The summed E-state index contributed by atoms with van der Waals surface area (Å²) < 4.78 is 54.4. The maximum atomic E-state index is 14.4. The molecular formula is C36H27F4N5O. The van der Waals surface area contributed by atoms with Gasteiger partial charge in [-0.2, -0.15) is 13.2 Å². The number of benzene rings is 3. The number of aliphatic imine (C=N–C) groups is 1. The molecule has 6 nitrogen and oxygen atoms in total. The molecule has 8 rings (SSSR count). The van der Waals surface area contributed by atoms with E-state index in [1.807, 2.05) is 12.1 Å². The number of phenolic OH excluding ortho intramolecular Hbond substituents is 1. The highest BCUT2D eigenvalue weighted by Gasteiger charge is 2.31. The third-order valence-corrected chi connectivity index (χ3v) is 8.80. The summed E-state index contributed by atoms with van der Waals surface area (Å²) in [6.07, 6.45) is 1.49. The lowest BCUT2D eigenvalue weighted by molar-refractivity contribution is -0.127. The number of nitrogens with one attached hydrogen (secondary N) is 1. The number of nitrogens with zero attached hydrogens (tertiary/aromatic N) is 4. The molecule has 0 atom stereocenters. The van der Waals surface area contributed by atoms with Gasteiger partial charge in [0.2, 0.25) is 0 Å². The summed E-state index contributed by atoms with van der Waals surface area (Å²) >= 11 is 0. The van der Waals surface area contributed by atoms with Gasteiger partial charge in [0.15, 0.2) is 11.6 Å². The van der Waals surface area contributed by atoms with E-state index in [1.165, 1.54) is 5.56 Å². The van der Waals surface area contributed by atoms with Gasteiger partial charge in [0, 0.05) is 60.8 Å². The van der Waals surface area contributed by atoms with E-state index in [9.17, 15) is 22.7 Å². The molecule has 2 aliphatic heterocycles. The highest BCUT2D eigenvalue weighted by atomic mass is 19.4. The number of fused-ring (bicyclic) bond motifs is 5. The van der Waals surface area contributed by atoms with E-state index < -0.39 is 24.2 Å². The van der Waals surface area contributed by atoms with Crippen LogP contribution in [-0.4, -0.2) is 43.4 Å². The van der Waals surface area contributed by atoms with Gasteiger partial charge in [-0.3, -0.25) is 14.9 Å². The highest BCUT2D eigenvalue weighted by molar-refractivity contribution is 6.32. The van der Waals surface area contributed by atoms with Crippen molar-refractivity contribution < 1.29 is 22.7 Å². The van der Waals surface area contributed by atoms with Gasteiger partial charge in [-0.25, -0.2) is 9.37 Å². The standard InChI is InChI=1S/C36H27F4N5O/c37-28-16-25(24(15-34(28)46)17-36(38,39)40)21-4-7-30-26(13-21)27-14-23(5-8-31(27)42-30)35-43-32-9-11-45(19-33(32)44-35)18-20-3-6-29-22(12-20)2-1-10-41-29/h1-7,10,12-16,46H,8-9,11,17-19H2,(H,43,44). The molecule has 0 spiro atoms. The summed E-state index contributed by atoms with van der Waals surface area (Å²) in [6.45, 7) is 2.46. The number of aromatic hydroxyl groups is 1. The maximum Gasteiger partial charge on any atom is 0.393 e. The van der Waals surface area contributed by atoms with Crippen molar-refractivity contribution in [1.29, 1.82) is 0 Å². The molecule has 230 valence electrons. The molecule has 0 fully saturated rings. The minimum absolute atomic E-state index is 0.0830. The number of pyridine rings is 1. The van der Waals surface area contributed by atoms with Gasteiger partial charge in [-0.15, -0.1) is 0 Å². The van der Waals surface area contributed by atoms with Gasteiger partial charge in [0.1, 0.15) is 5.82 Å². The predicted molar refractivity (Wildman–Crippen MR) is 169 cm³/mol. The fraction of sp³-hybridized carbons (Fsp3) is 0.194. The highest BCUT2D eigenvalue weighted by Crippen LogP contribution is 2.43. The van der Waals surface area contributed by atoms with Crippen LogP contribution >= 0.6 is 0 Å². The predicted octanol–water partition coefficient (Wildman–Crippen LogP) is 8.09. The second-order valence-corrected chi connectivity index (χ2v) is 12.0. The molecule has 0 saturated carbocycles. The first-order valence-corrected chi connectivity index (χ1v) is 15.0. The molecule has 5 aromatic rings. The van der Waals surface area contributed by atoms with Crippen LogP contribution in [0, 0.1) is 5.82 Å². The quantitative estimate of drug-likeness (QED) is 0.195. The van der Waals surface area contributed by atoms with Crippen molar-refractivity contribution in [1.82, 2.24) is 19.9 Å². The van der Waals surface area contributed by atoms with Crippen molar-refractivity contribution in [3.63, 3.8) is 0 Å². The van der Waals surface area contributed by atoms with Crippen LogP contribution in [0.25, 0.3) is 33.2 Å². The van der Waals surface area contributed by atoms with Crippen LogP contribution in [0.1, 0.15) is 40.3 Å². The Labute approximate surface area is 261 Å². The van der Waals surface area contributed by atoms with Crippen molar-refractivity contribution in [3.8, 4) is 16.9 Å². The van der Waals surface area contributed by atoms with E-state index in [0.717, 1.165) is 88.7 Å². The number of halogens is 4. The van der Waals surface area contributed by atoms with Crippen molar-refractivity contribution in [2.75, 3.05) is 6.54 Å². The molecule has 46 heavy (non-hydrogen) atoms. The van der Waals surface area contributed by atoms with E-state index >= 15 is 0 Å². The molecule has 0 radical (unpaired) electrons. The van der Waals surface area contributed by atoms with E-state index in [4.69, 9.17) is 9.98 Å². The Morgan fingerprint density at radius 1 is 1.00 bits per heavy atom. The Balaban J connectivity index is 1.05. The maximum absolute atomic E-state index is 14.4. The Morgan fingerprint density at radius 3 is 2.76 bits per heavy atom. The molecule has 4 heterocycles. The number of imidazole rings is 1. The van der Waals surface area contributed by atoms with Crippen LogP contribution in [0.15, 0.2) is 84.0 Å². The van der Waals surface area contributed by atoms with Crippen molar-refractivity contribution >= 4 is 33.4 Å². The molecule has 0 amide bonds. The number of phenols is 1. The smallest absolute Gasteiger partial charge is 0.393 e.